The smallest absolute Gasteiger partial charge is 0.121 e. The number of nitrogens with zero attached hydrogens (tertiary/aromatic N) is 1. The van der Waals surface area contributed by atoms with Gasteiger partial charge in [-0.15, -0.1) is 0 Å². The molecule has 1 fully saturated rings. The Morgan fingerprint density at radius 3 is 2.25 bits per heavy atom. The maximum Gasteiger partial charge on any atom is 0.121 e. The molecule has 0 spiro atoms. The largest absolute Gasteiger partial charge is 0.507 e. The average Bonchev–Trinajstić information content (AvgIpc) is 2.60. The van der Waals surface area contributed by atoms with Crippen LogP contribution in [-0.4, -0.2) is 29.1 Å². The van der Waals surface area contributed by atoms with E-state index in [9.17, 15) is 5.11 Å². The molecule has 3 heteroatoms. The summed E-state index contributed by atoms with van der Waals surface area (Å²) in [6.45, 7) is 8.18. The van der Waals surface area contributed by atoms with E-state index in [1.165, 1.54) is 24.0 Å². The van der Waals surface area contributed by atoms with Crippen molar-refractivity contribution in [1.82, 2.24) is 10.2 Å². The number of rotatable bonds is 5. The zero-order chi connectivity index (χ0) is 16.9. The summed E-state index contributed by atoms with van der Waals surface area (Å²) >= 11 is 0. The molecule has 2 aromatic carbocycles. The van der Waals surface area contributed by atoms with Crippen molar-refractivity contribution >= 4 is 0 Å². The van der Waals surface area contributed by atoms with E-state index in [1.807, 2.05) is 13.8 Å². The molecule has 0 atom stereocenters. The molecule has 0 saturated carbocycles. The molecule has 0 amide bonds. The zero-order valence-electron chi connectivity index (χ0n) is 14.8. The molecule has 1 saturated heterocycles. The van der Waals surface area contributed by atoms with Gasteiger partial charge in [0.1, 0.15) is 5.75 Å². The molecule has 1 aliphatic heterocycles. The number of benzene rings is 2. The first-order valence-electron chi connectivity index (χ1n) is 8.90. The van der Waals surface area contributed by atoms with E-state index in [4.69, 9.17) is 0 Å². The Balaban J connectivity index is 1.46. The topological polar surface area (TPSA) is 35.5 Å². The van der Waals surface area contributed by atoms with E-state index in [-0.39, 0.29) is 0 Å². The fraction of sp³-hybridized carbons (Fsp3) is 0.429. The van der Waals surface area contributed by atoms with Crippen molar-refractivity contribution < 1.29 is 5.11 Å². The molecular formula is C21H28N2O. The van der Waals surface area contributed by atoms with Crippen LogP contribution in [0.5, 0.6) is 5.75 Å². The van der Waals surface area contributed by atoms with Crippen LogP contribution in [-0.2, 0) is 13.1 Å². The van der Waals surface area contributed by atoms with E-state index >= 15 is 0 Å². The van der Waals surface area contributed by atoms with Crippen molar-refractivity contribution in [3.05, 3.63) is 64.7 Å². The second-order valence-corrected chi connectivity index (χ2v) is 7.00. The number of hydrogen-bond acceptors (Lipinski definition) is 3. The Hall–Kier alpha value is -1.84. The summed E-state index contributed by atoms with van der Waals surface area (Å²) in [6, 6.07) is 15.5. The first-order chi connectivity index (χ1) is 11.6. The fourth-order valence-corrected chi connectivity index (χ4v) is 3.55. The van der Waals surface area contributed by atoms with Gasteiger partial charge in [0.15, 0.2) is 0 Å². The van der Waals surface area contributed by atoms with Crippen LogP contribution in [0.2, 0.25) is 0 Å². The third-order valence-corrected chi connectivity index (χ3v) is 4.98. The summed E-state index contributed by atoms with van der Waals surface area (Å²) in [5, 5.41) is 13.6. The van der Waals surface area contributed by atoms with Gasteiger partial charge < -0.3 is 10.4 Å². The Bertz CT molecular complexity index is 638. The Kier molecular flexibility index (Phi) is 5.54. The van der Waals surface area contributed by atoms with Gasteiger partial charge in [0.2, 0.25) is 0 Å². The number of phenolic OH excluding ortho intramolecular Hbond substituents is 1. The van der Waals surface area contributed by atoms with Crippen LogP contribution in [0.15, 0.2) is 42.5 Å². The van der Waals surface area contributed by atoms with Gasteiger partial charge in [-0.3, -0.25) is 4.90 Å². The van der Waals surface area contributed by atoms with Gasteiger partial charge in [0.25, 0.3) is 0 Å². The summed E-state index contributed by atoms with van der Waals surface area (Å²) in [5.41, 5.74) is 4.59. The van der Waals surface area contributed by atoms with Crippen molar-refractivity contribution in [1.29, 1.82) is 0 Å². The summed E-state index contributed by atoms with van der Waals surface area (Å²) < 4.78 is 0. The molecule has 3 nitrogen and oxygen atoms in total. The lowest BCUT2D eigenvalue weighted by Gasteiger charge is -2.32. The highest BCUT2D eigenvalue weighted by Gasteiger charge is 2.18. The Morgan fingerprint density at radius 1 is 1.00 bits per heavy atom. The minimum Gasteiger partial charge on any atom is -0.507 e. The van der Waals surface area contributed by atoms with Crippen LogP contribution in [0, 0.1) is 13.8 Å². The van der Waals surface area contributed by atoms with Crippen molar-refractivity contribution in [3.8, 4) is 5.75 Å². The highest BCUT2D eigenvalue weighted by Crippen LogP contribution is 2.23. The predicted molar refractivity (Wildman–Crippen MR) is 99.2 cm³/mol. The number of hydrogen-bond donors (Lipinski definition) is 2. The highest BCUT2D eigenvalue weighted by molar-refractivity contribution is 5.42. The maximum atomic E-state index is 9.87. The molecule has 0 radical (unpaired) electrons. The van der Waals surface area contributed by atoms with Crippen LogP contribution in [0.4, 0.5) is 0 Å². The van der Waals surface area contributed by atoms with Gasteiger partial charge in [-0.25, -0.2) is 0 Å². The SMILES string of the molecule is Cc1cc(CNC2CCN(Cc3ccccc3)CC2)cc(C)c1O. The zero-order valence-corrected chi connectivity index (χ0v) is 14.8. The van der Waals surface area contributed by atoms with Gasteiger partial charge in [0, 0.05) is 19.1 Å². The molecule has 24 heavy (non-hydrogen) atoms. The van der Waals surface area contributed by atoms with Gasteiger partial charge in [0.05, 0.1) is 0 Å². The van der Waals surface area contributed by atoms with Crippen molar-refractivity contribution in [2.75, 3.05) is 13.1 Å². The first-order valence-corrected chi connectivity index (χ1v) is 8.90. The molecule has 3 rings (SSSR count). The number of nitrogens with one attached hydrogen (secondary N) is 1. The number of aromatic hydroxyl groups is 1. The molecule has 1 aliphatic rings. The number of aryl methyl sites for hydroxylation is 2. The van der Waals surface area contributed by atoms with E-state index in [1.54, 1.807) is 0 Å². The minimum absolute atomic E-state index is 0.424. The third-order valence-electron chi connectivity index (χ3n) is 4.98. The van der Waals surface area contributed by atoms with Crippen molar-refractivity contribution in [3.63, 3.8) is 0 Å². The van der Waals surface area contributed by atoms with Crippen molar-refractivity contribution in [2.24, 2.45) is 0 Å². The molecule has 2 N–H and O–H groups in total. The first kappa shape index (κ1) is 17.0. The Morgan fingerprint density at radius 2 is 1.62 bits per heavy atom. The molecular weight excluding hydrogens is 296 g/mol. The molecule has 0 aliphatic carbocycles. The molecule has 0 bridgehead atoms. The van der Waals surface area contributed by atoms with Crippen LogP contribution in [0.25, 0.3) is 0 Å². The summed E-state index contributed by atoms with van der Waals surface area (Å²) in [4.78, 5) is 2.54. The van der Waals surface area contributed by atoms with Crippen LogP contribution < -0.4 is 5.32 Å². The van der Waals surface area contributed by atoms with E-state index < -0.39 is 0 Å². The number of piperidine rings is 1. The predicted octanol–water partition coefficient (Wildman–Crippen LogP) is 3.76. The Labute approximate surface area is 145 Å². The fourth-order valence-electron chi connectivity index (χ4n) is 3.55. The number of likely N-dealkylation sites (tertiary alicyclic amines) is 1. The molecule has 0 aromatic heterocycles. The van der Waals surface area contributed by atoms with E-state index in [0.29, 0.717) is 11.8 Å². The quantitative estimate of drug-likeness (QED) is 0.879. The van der Waals surface area contributed by atoms with Crippen molar-refractivity contribution in [2.45, 2.75) is 45.8 Å². The third kappa shape index (κ3) is 4.37. The van der Waals surface area contributed by atoms with Gasteiger partial charge in [-0.1, -0.05) is 42.5 Å². The normalized spacial score (nSPS) is 16.4. The van der Waals surface area contributed by atoms with Crippen LogP contribution in [0.3, 0.4) is 0 Å². The average molecular weight is 324 g/mol. The van der Waals surface area contributed by atoms with Crippen LogP contribution >= 0.6 is 0 Å². The second kappa shape index (κ2) is 7.82. The monoisotopic (exact) mass is 324 g/mol. The molecule has 128 valence electrons. The maximum absolute atomic E-state index is 9.87. The van der Waals surface area contributed by atoms with Crippen LogP contribution in [0.1, 0.15) is 35.1 Å². The highest BCUT2D eigenvalue weighted by atomic mass is 16.3. The van der Waals surface area contributed by atoms with E-state index in [2.05, 4.69) is 52.7 Å². The van der Waals surface area contributed by atoms with Gasteiger partial charge in [-0.2, -0.15) is 0 Å². The molecule has 0 unspecified atom stereocenters. The molecule has 1 heterocycles. The van der Waals surface area contributed by atoms with Gasteiger partial charge in [-0.05, 0) is 62.0 Å². The molecule has 2 aromatic rings. The summed E-state index contributed by atoms with van der Waals surface area (Å²) in [5.74, 6) is 0.424. The van der Waals surface area contributed by atoms with E-state index in [0.717, 1.165) is 37.3 Å². The lowest BCUT2D eigenvalue weighted by molar-refractivity contribution is 0.190. The summed E-state index contributed by atoms with van der Waals surface area (Å²) in [6.07, 6.45) is 2.39. The number of phenols is 1. The minimum atomic E-state index is 0.424. The lowest BCUT2D eigenvalue weighted by atomic mass is 10.0. The van der Waals surface area contributed by atoms with Gasteiger partial charge >= 0.3 is 0 Å². The second-order valence-electron chi connectivity index (χ2n) is 7.00. The summed E-state index contributed by atoms with van der Waals surface area (Å²) in [7, 11) is 0. The lowest BCUT2D eigenvalue weighted by Crippen LogP contribution is -2.41. The standard InChI is InChI=1S/C21H28N2O/c1-16-12-19(13-17(2)21(16)24)14-22-20-8-10-23(11-9-20)15-18-6-4-3-5-7-18/h3-7,12-13,20,22,24H,8-11,14-15H2,1-2H3.